The van der Waals surface area contributed by atoms with E-state index < -0.39 is 5.91 Å². The van der Waals surface area contributed by atoms with E-state index in [0.717, 1.165) is 0 Å². The van der Waals surface area contributed by atoms with Gasteiger partial charge in [0.25, 0.3) is 5.91 Å². The number of nitrogen functional groups attached to an aromatic ring is 1. The van der Waals surface area contributed by atoms with Crippen molar-refractivity contribution in [3.05, 3.63) is 27.7 Å². The Morgan fingerprint density at radius 1 is 1.12 bits per heavy atom. The molecule has 96 valence electrons. The van der Waals surface area contributed by atoms with Crippen molar-refractivity contribution in [1.82, 2.24) is 0 Å². The SMILES string of the molecule is Cl.Cl.NC(N)=NC(=O)c1cc(Cl)c(N)c(Cl)c1. The molecule has 0 aliphatic heterocycles. The lowest BCUT2D eigenvalue weighted by atomic mass is 10.2. The summed E-state index contributed by atoms with van der Waals surface area (Å²) in [6.45, 7) is 0. The predicted molar refractivity (Wildman–Crippen MR) is 75.5 cm³/mol. The van der Waals surface area contributed by atoms with Crippen molar-refractivity contribution in [3.8, 4) is 0 Å². The van der Waals surface area contributed by atoms with E-state index in [-0.39, 0.29) is 52.1 Å². The molecule has 0 aromatic heterocycles. The second kappa shape index (κ2) is 7.45. The summed E-state index contributed by atoms with van der Waals surface area (Å²) >= 11 is 11.5. The fourth-order valence-electron chi connectivity index (χ4n) is 0.890. The molecule has 0 spiro atoms. The molecule has 1 rings (SSSR count). The highest BCUT2D eigenvalue weighted by atomic mass is 35.5. The molecule has 0 atom stereocenters. The second-order valence-corrected chi connectivity index (χ2v) is 3.51. The molecule has 0 bridgehead atoms. The van der Waals surface area contributed by atoms with Crippen LogP contribution in [0.5, 0.6) is 0 Å². The summed E-state index contributed by atoms with van der Waals surface area (Å²) in [6.07, 6.45) is 0. The van der Waals surface area contributed by atoms with Crippen LogP contribution in [0.4, 0.5) is 5.69 Å². The Balaban J connectivity index is 0. The van der Waals surface area contributed by atoms with Gasteiger partial charge < -0.3 is 17.2 Å². The van der Waals surface area contributed by atoms with Gasteiger partial charge in [-0.25, -0.2) is 0 Å². The van der Waals surface area contributed by atoms with Gasteiger partial charge in [-0.05, 0) is 12.1 Å². The molecule has 5 nitrogen and oxygen atoms in total. The zero-order valence-electron chi connectivity index (χ0n) is 8.31. The molecule has 0 heterocycles. The van der Waals surface area contributed by atoms with E-state index in [4.69, 9.17) is 40.4 Å². The van der Waals surface area contributed by atoms with Crippen molar-refractivity contribution in [3.63, 3.8) is 0 Å². The van der Waals surface area contributed by atoms with E-state index in [1.807, 2.05) is 0 Å². The number of amides is 1. The van der Waals surface area contributed by atoms with E-state index in [0.29, 0.717) is 0 Å². The Labute approximate surface area is 120 Å². The zero-order chi connectivity index (χ0) is 11.6. The smallest absolute Gasteiger partial charge is 0.280 e. The van der Waals surface area contributed by atoms with Crippen LogP contribution in [0.3, 0.4) is 0 Å². The normalized spacial score (nSPS) is 8.59. The molecule has 0 unspecified atom stereocenters. The third-order valence-electron chi connectivity index (χ3n) is 1.56. The number of hydrogen-bond acceptors (Lipinski definition) is 2. The van der Waals surface area contributed by atoms with Gasteiger partial charge in [0.1, 0.15) is 0 Å². The standard InChI is InChI=1S/C8H8Cl2N4O.2ClH/c9-4-1-3(2-5(10)6(4)11)7(15)14-8(12)13;;/h1-2H,11H2,(H4,12,13,14,15);2*1H. The first-order chi connectivity index (χ1) is 6.91. The van der Waals surface area contributed by atoms with Crippen molar-refractivity contribution in [1.29, 1.82) is 0 Å². The monoisotopic (exact) mass is 318 g/mol. The molecule has 1 aromatic rings. The van der Waals surface area contributed by atoms with Crippen LogP contribution in [0.2, 0.25) is 10.0 Å². The molecule has 0 aliphatic carbocycles. The molecule has 0 radical (unpaired) electrons. The summed E-state index contributed by atoms with van der Waals surface area (Å²) in [5.41, 5.74) is 16.0. The van der Waals surface area contributed by atoms with Gasteiger partial charge >= 0.3 is 0 Å². The molecule has 0 saturated heterocycles. The van der Waals surface area contributed by atoms with Gasteiger partial charge in [-0.1, -0.05) is 23.2 Å². The maximum absolute atomic E-state index is 11.4. The van der Waals surface area contributed by atoms with Crippen LogP contribution in [0.25, 0.3) is 0 Å². The largest absolute Gasteiger partial charge is 0.396 e. The fourth-order valence-corrected chi connectivity index (χ4v) is 1.38. The molecule has 0 fully saturated rings. The van der Waals surface area contributed by atoms with Gasteiger partial charge in [-0.15, -0.1) is 24.8 Å². The average Bonchev–Trinajstić information content (AvgIpc) is 2.12. The number of anilines is 1. The first-order valence-corrected chi connectivity index (χ1v) is 4.56. The van der Waals surface area contributed by atoms with Crippen molar-refractivity contribution in [2.75, 3.05) is 5.73 Å². The van der Waals surface area contributed by atoms with Crippen molar-refractivity contribution >= 4 is 65.6 Å². The number of hydrogen-bond donors (Lipinski definition) is 3. The topological polar surface area (TPSA) is 107 Å². The van der Waals surface area contributed by atoms with Gasteiger partial charge in [0.05, 0.1) is 15.7 Å². The van der Waals surface area contributed by atoms with Crippen molar-refractivity contribution in [2.45, 2.75) is 0 Å². The summed E-state index contributed by atoms with van der Waals surface area (Å²) in [5, 5.41) is 0.355. The number of halogens is 4. The zero-order valence-corrected chi connectivity index (χ0v) is 11.5. The number of nitrogens with zero attached hydrogens (tertiary/aromatic N) is 1. The summed E-state index contributed by atoms with van der Waals surface area (Å²) in [7, 11) is 0. The van der Waals surface area contributed by atoms with E-state index >= 15 is 0 Å². The number of nitrogens with two attached hydrogens (primary N) is 3. The van der Waals surface area contributed by atoms with Gasteiger partial charge in [0, 0.05) is 5.56 Å². The maximum atomic E-state index is 11.4. The molecule has 1 aromatic carbocycles. The molecule has 0 aliphatic rings. The van der Waals surface area contributed by atoms with E-state index in [9.17, 15) is 4.79 Å². The van der Waals surface area contributed by atoms with Crippen LogP contribution >= 0.6 is 48.0 Å². The van der Waals surface area contributed by atoms with Gasteiger partial charge in [-0.2, -0.15) is 4.99 Å². The van der Waals surface area contributed by atoms with E-state index in [1.165, 1.54) is 12.1 Å². The summed E-state index contributed by atoms with van der Waals surface area (Å²) in [5.74, 6) is -0.956. The van der Waals surface area contributed by atoms with Crippen molar-refractivity contribution < 1.29 is 4.79 Å². The quantitative estimate of drug-likeness (QED) is 0.417. The number of rotatable bonds is 1. The Bertz CT molecular complexity index is 422. The Hall–Kier alpha value is -0.880. The van der Waals surface area contributed by atoms with Gasteiger partial charge in [0.15, 0.2) is 5.96 Å². The molecular formula is C8H10Cl4N4O. The van der Waals surface area contributed by atoms with Gasteiger partial charge in [0.2, 0.25) is 0 Å². The first kappa shape index (κ1) is 18.5. The lowest BCUT2D eigenvalue weighted by Gasteiger charge is -2.03. The summed E-state index contributed by atoms with van der Waals surface area (Å²) in [4.78, 5) is 14.7. The molecule has 0 saturated carbocycles. The van der Waals surface area contributed by atoms with Gasteiger partial charge in [-0.3, -0.25) is 4.79 Å². The highest BCUT2D eigenvalue weighted by Gasteiger charge is 2.10. The number of aliphatic imine (C=N–C) groups is 1. The first-order valence-electron chi connectivity index (χ1n) is 3.80. The minimum Gasteiger partial charge on any atom is -0.396 e. The molecule has 9 heteroatoms. The average molecular weight is 320 g/mol. The van der Waals surface area contributed by atoms with E-state index in [1.54, 1.807) is 0 Å². The van der Waals surface area contributed by atoms with Crippen LogP contribution in [-0.2, 0) is 0 Å². The lowest BCUT2D eigenvalue weighted by Crippen LogP contribution is -2.24. The third kappa shape index (κ3) is 4.87. The van der Waals surface area contributed by atoms with Crippen LogP contribution in [-0.4, -0.2) is 11.9 Å². The summed E-state index contributed by atoms with van der Waals surface area (Å²) in [6, 6.07) is 2.69. The van der Waals surface area contributed by atoms with Crippen LogP contribution < -0.4 is 17.2 Å². The lowest BCUT2D eigenvalue weighted by molar-refractivity contribution is 0.100. The molecule has 17 heavy (non-hydrogen) atoms. The second-order valence-electron chi connectivity index (χ2n) is 2.70. The maximum Gasteiger partial charge on any atom is 0.280 e. The minimum absolute atomic E-state index is 0. The third-order valence-corrected chi connectivity index (χ3v) is 2.18. The number of carbonyl (C=O) groups excluding carboxylic acids is 1. The number of benzene rings is 1. The summed E-state index contributed by atoms with van der Waals surface area (Å²) < 4.78 is 0. The molecular weight excluding hydrogens is 310 g/mol. The molecule has 1 amide bonds. The minimum atomic E-state index is -0.626. The number of carbonyl (C=O) groups is 1. The van der Waals surface area contributed by atoms with E-state index in [2.05, 4.69) is 4.99 Å². The highest BCUT2D eigenvalue weighted by molar-refractivity contribution is 6.39. The Kier molecular flexibility index (Phi) is 8.10. The highest BCUT2D eigenvalue weighted by Crippen LogP contribution is 2.28. The fraction of sp³-hybridized carbons (Fsp3) is 0. The van der Waals surface area contributed by atoms with Crippen LogP contribution in [0.15, 0.2) is 17.1 Å². The van der Waals surface area contributed by atoms with Crippen LogP contribution in [0, 0.1) is 0 Å². The number of guanidine groups is 1. The van der Waals surface area contributed by atoms with Crippen molar-refractivity contribution in [2.24, 2.45) is 16.5 Å². The predicted octanol–water partition coefficient (Wildman–Crippen LogP) is 1.83. The Morgan fingerprint density at radius 3 is 1.88 bits per heavy atom. The Morgan fingerprint density at radius 2 is 1.53 bits per heavy atom. The molecule has 6 N–H and O–H groups in total. The van der Waals surface area contributed by atoms with Crippen LogP contribution in [0.1, 0.15) is 10.4 Å².